The number of hydrazine groups is 1. The summed E-state index contributed by atoms with van der Waals surface area (Å²) in [5, 5.41) is 4.00. The fourth-order valence-corrected chi connectivity index (χ4v) is 4.34. The average Bonchev–Trinajstić information content (AvgIpc) is 2.99. The second kappa shape index (κ2) is 13.2. The summed E-state index contributed by atoms with van der Waals surface area (Å²) >= 11 is 0. The minimum atomic E-state index is -0.491. The predicted molar refractivity (Wildman–Crippen MR) is 155 cm³/mol. The molecule has 0 aliphatic rings. The molecule has 0 aliphatic carbocycles. The molecule has 8 nitrogen and oxygen atoms in total. The van der Waals surface area contributed by atoms with Crippen molar-refractivity contribution in [3.8, 4) is 11.5 Å². The monoisotopic (exact) mass is 536 g/mol. The Morgan fingerprint density at radius 3 is 1.88 bits per heavy atom. The fraction of sp³-hybridized carbons (Fsp3) is 0.156. The van der Waals surface area contributed by atoms with Crippen LogP contribution in [-0.4, -0.2) is 31.2 Å². The van der Waals surface area contributed by atoms with E-state index in [0.717, 1.165) is 27.8 Å². The summed E-state index contributed by atoms with van der Waals surface area (Å²) in [7, 11) is 0. The zero-order valence-electron chi connectivity index (χ0n) is 22.5. The Morgan fingerprint density at radius 1 is 0.775 bits per heavy atom. The molecular formula is C32H32N4O4. The molecule has 8 heteroatoms. The maximum absolute atomic E-state index is 12.2. The molecule has 204 valence electrons. The maximum atomic E-state index is 12.2. The quantitative estimate of drug-likeness (QED) is 0.0872. The third-order valence-electron chi connectivity index (χ3n) is 6.56. The molecule has 4 rings (SSSR count). The Morgan fingerprint density at radius 2 is 1.32 bits per heavy atom. The summed E-state index contributed by atoms with van der Waals surface area (Å²) in [4.78, 5) is 23.6. The van der Waals surface area contributed by atoms with Crippen LogP contribution in [0.1, 0.15) is 34.7 Å². The van der Waals surface area contributed by atoms with E-state index in [-0.39, 0.29) is 19.1 Å². The molecule has 0 radical (unpaired) electrons. The van der Waals surface area contributed by atoms with E-state index in [1.807, 2.05) is 103 Å². The summed E-state index contributed by atoms with van der Waals surface area (Å²) in [5.41, 5.74) is 9.24. The van der Waals surface area contributed by atoms with Crippen molar-refractivity contribution in [3.05, 3.63) is 131 Å². The SMILES string of the molecule is Cc1cccc(C=NNC(=O)COc2ccc(C(C)(c3ccccc3)c3ccc(OCC(=O)NN)cc3)cc2)c1. The summed E-state index contributed by atoms with van der Waals surface area (Å²) in [6.45, 7) is 3.82. The van der Waals surface area contributed by atoms with Crippen LogP contribution >= 0.6 is 0 Å². The molecular weight excluding hydrogens is 504 g/mol. The molecule has 1 unspecified atom stereocenters. The van der Waals surface area contributed by atoms with E-state index in [4.69, 9.17) is 15.3 Å². The van der Waals surface area contributed by atoms with Gasteiger partial charge in [0.25, 0.3) is 11.8 Å². The van der Waals surface area contributed by atoms with E-state index in [0.29, 0.717) is 11.5 Å². The zero-order chi connectivity index (χ0) is 28.4. The lowest BCUT2D eigenvalue weighted by atomic mass is 9.71. The maximum Gasteiger partial charge on any atom is 0.277 e. The van der Waals surface area contributed by atoms with Gasteiger partial charge in [0.1, 0.15) is 11.5 Å². The van der Waals surface area contributed by atoms with Gasteiger partial charge in [-0.2, -0.15) is 5.10 Å². The van der Waals surface area contributed by atoms with Crippen molar-refractivity contribution in [2.75, 3.05) is 13.2 Å². The number of carbonyl (C=O) groups excluding carboxylic acids is 2. The number of ether oxygens (including phenoxy) is 2. The minimum absolute atomic E-state index is 0.162. The first-order valence-corrected chi connectivity index (χ1v) is 12.8. The second-order valence-electron chi connectivity index (χ2n) is 9.39. The van der Waals surface area contributed by atoms with Crippen molar-refractivity contribution in [1.82, 2.24) is 10.9 Å². The van der Waals surface area contributed by atoms with Crippen LogP contribution in [0, 0.1) is 6.92 Å². The van der Waals surface area contributed by atoms with Gasteiger partial charge in [-0.05, 0) is 60.4 Å². The van der Waals surface area contributed by atoms with E-state index >= 15 is 0 Å². The molecule has 0 saturated heterocycles. The number of hydrogen-bond acceptors (Lipinski definition) is 6. The van der Waals surface area contributed by atoms with Crippen molar-refractivity contribution >= 4 is 18.0 Å². The number of carbonyl (C=O) groups is 2. The molecule has 4 N–H and O–H groups in total. The molecule has 2 amide bonds. The number of nitrogens with zero attached hydrogens (tertiary/aromatic N) is 1. The number of hydrazone groups is 1. The van der Waals surface area contributed by atoms with Crippen LogP contribution in [0.5, 0.6) is 11.5 Å². The molecule has 0 spiro atoms. The van der Waals surface area contributed by atoms with Crippen LogP contribution < -0.4 is 26.2 Å². The highest BCUT2D eigenvalue weighted by Crippen LogP contribution is 2.39. The van der Waals surface area contributed by atoms with Gasteiger partial charge in [0.05, 0.1) is 6.21 Å². The molecule has 0 heterocycles. The van der Waals surface area contributed by atoms with Gasteiger partial charge < -0.3 is 9.47 Å². The summed E-state index contributed by atoms with van der Waals surface area (Å²) < 4.78 is 11.2. The Balaban J connectivity index is 1.45. The highest BCUT2D eigenvalue weighted by atomic mass is 16.5. The smallest absolute Gasteiger partial charge is 0.277 e. The highest BCUT2D eigenvalue weighted by Gasteiger charge is 2.31. The largest absolute Gasteiger partial charge is 0.484 e. The summed E-state index contributed by atoms with van der Waals surface area (Å²) in [5.74, 6) is 5.49. The van der Waals surface area contributed by atoms with Crippen LogP contribution in [0.4, 0.5) is 0 Å². The van der Waals surface area contributed by atoms with E-state index in [1.54, 1.807) is 6.21 Å². The Hall–Kier alpha value is -4.95. The lowest BCUT2D eigenvalue weighted by molar-refractivity contribution is -0.123. The molecule has 4 aromatic carbocycles. The van der Waals surface area contributed by atoms with Crippen LogP contribution in [0.25, 0.3) is 0 Å². The average molecular weight is 537 g/mol. The van der Waals surface area contributed by atoms with Gasteiger partial charge >= 0.3 is 0 Å². The number of amides is 2. The molecule has 0 aliphatic heterocycles. The fourth-order valence-electron chi connectivity index (χ4n) is 4.34. The first kappa shape index (κ1) is 28.1. The van der Waals surface area contributed by atoms with Crippen molar-refractivity contribution in [1.29, 1.82) is 0 Å². The molecule has 40 heavy (non-hydrogen) atoms. The van der Waals surface area contributed by atoms with Crippen molar-refractivity contribution < 1.29 is 19.1 Å². The molecule has 0 fully saturated rings. The molecule has 4 aromatic rings. The summed E-state index contributed by atoms with van der Waals surface area (Å²) in [6.07, 6.45) is 1.60. The van der Waals surface area contributed by atoms with Crippen molar-refractivity contribution in [2.45, 2.75) is 19.3 Å². The Bertz CT molecular complexity index is 1450. The lowest BCUT2D eigenvalue weighted by Crippen LogP contribution is -2.34. The first-order valence-electron chi connectivity index (χ1n) is 12.8. The predicted octanol–water partition coefficient (Wildman–Crippen LogP) is 4.25. The highest BCUT2D eigenvalue weighted by molar-refractivity contribution is 5.83. The summed E-state index contributed by atoms with van der Waals surface area (Å²) in [6, 6.07) is 33.3. The molecule has 0 aromatic heterocycles. The zero-order valence-corrected chi connectivity index (χ0v) is 22.5. The lowest BCUT2D eigenvalue weighted by Gasteiger charge is -2.32. The van der Waals surface area contributed by atoms with Gasteiger partial charge in [-0.15, -0.1) is 0 Å². The number of nitrogens with two attached hydrogens (primary N) is 1. The van der Waals surface area contributed by atoms with E-state index in [1.165, 1.54) is 0 Å². The van der Waals surface area contributed by atoms with Gasteiger partial charge in [0.2, 0.25) is 0 Å². The van der Waals surface area contributed by atoms with Gasteiger partial charge in [0.15, 0.2) is 13.2 Å². The second-order valence-corrected chi connectivity index (χ2v) is 9.39. The van der Waals surface area contributed by atoms with Crippen LogP contribution in [0.15, 0.2) is 108 Å². The standard InChI is InChI=1S/C32H32N4O4/c1-23-7-6-8-24(19-23)20-34-36-31(38)22-40-29-17-13-27(14-18-29)32(2,25-9-4-3-5-10-25)26-11-15-28(16-12-26)39-21-30(37)35-33/h3-20H,21-22,33H2,1-2H3,(H,35,37)(H,36,38). The van der Waals surface area contributed by atoms with Crippen LogP contribution in [0.3, 0.4) is 0 Å². The Kier molecular flexibility index (Phi) is 9.27. The molecule has 0 saturated carbocycles. The van der Waals surface area contributed by atoms with E-state index in [2.05, 4.69) is 29.6 Å². The topological polar surface area (TPSA) is 115 Å². The Labute approximate surface area is 233 Å². The van der Waals surface area contributed by atoms with E-state index in [9.17, 15) is 9.59 Å². The minimum Gasteiger partial charge on any atom is -0.484 e. The van der Waals surface area contributed by atoms with Gasteiger partial charge in [-0.25, -0.2) is 11.3 Å². The van der Waals surface area contributed by atoms with Crippen molar-refractivity contribution in [3.63, 3.8) is 0 Å². The molecule has 0 bridgehead atoms. The van der Waals surface area contributed by atoms with Gasteiger partial charge in [-0.3, -0.25) is 15.0 Å². The third kappa shape index (κ3) is 7.12. The number of hydrogen-bond donors (Lipinski definition) is 3. The normalized spacial score (nSPS) is 12.4. The van der Waals surface area contributed by atoms with E-state index < -0.39 is 11.3 Å². The number of rotatable bonds is 11. The van der Waals surface area contributed by atoms with Crippen molar-refractivity contribution in [2.24, 2.45) is 10.9 Å². The number of aryl methyl sites for hydroxylation is 1. The third-order valence-corrected chi connectivity index (χ3v) is 6.56. The first-order chi connectivity index (χ1) is 19.4. The van der Waals surface area contributed by atoms with Crippen LogP contribution in [0.2, 0.25) is 0 Å². The molecule has 1 atom stereocenters. The number of benzene rings is 4. The van der Waals surface area contributed by atoms with Crippen LogP contribution in [-0.2, 0) is 15.0 Å². The van der Waals surface area contributed by atoms with Gasteiger partial charge in [-0.1, -0.05) is 84.4 Å². The number of nitrogens with one attached hydrogen (secondary N) is 2. The van der Waals surface area contributed by atoms with Gasteiger partial charge in [0, 0.05) is 5.41 Å².